The van der Waals surface area contributed by atoms with Crippen LogP contribution in [0.2, 0.25) is 10.0 Å². The number of amides is 2. The molecular weight excluding hydrogens is 313 g/mol. The Morgan fingerprint density at radius 2 is 1.95 bits per heavy atom. The third-order valence-corrected chi connectivity index (χ3v) is 3.81. The van der Waals surface area contributed by atoms with Gasteiger partial charge in [0.1, 0.15) is 6.04 Å². The van der Waals surface area contributed by atoms with Gasteiger partial charge in [0, 0.05) is 35.2 Å². The average molecular weight is 330 g/mol. The van der Waals surface area contributed by atoms with Crippen molar-refractivity contribution in [2.75, 3.05) is 19.6 Å². The molecule has 2 rings (SSSR count). The second-order valence-electron chi connectivity index (χ2n) is 4.89. The van der Waals surface area contributed by atoms with Gasteiger partial charge in [-0.2, -0.15) is 0 Å². The van der Waals surface area contributed by atoms with Gasteiger partial charge >= 0.3 is 0 Å². The Labute approximate surface area is 133 Å². The molecule has 5 nitrogen and oxygen atoms in total. The monoisotopic (exact) mass is 329 g/mol. The van der Waals surface area contributed by atoms with Crippen LogP contribution >= 0.6 is 23.2 Å². The van der Waals surface area contributed by atoms with Gasteiger partial charge in [-0.05, 0) is 31.0 Å². The Bertz CT molecular complexity index is 531. The predicted octanol–water partition coefficient (Wildman–Crippen LogP) is 1.67. The third-order valence-electron chi connectivity index (χ3n) is 3.37. The largest absolute Gasteiger partial charge is 0.353 e. The van der Waals surface area contributed by atoms with E-state index in [0.717, 1.165) is 6.42 Å². The number of hydrogen-bond acceptors (Lipinski definition) is 3. The SMILES string of the molecule is NCCNC(=O)C1CCCN1C(=O)c1cc(Cl)cc(Cl)c1. The van der Waals surface area contributed by atoms with Gasteiger partial charge in [0.25, 0.3) is 5.91 Å². The molecule has 1 saturated heterocycles. The van der Waals surface area contributed by atoms with E-state index in [0.29, 0.717) is 41.7 Å². The highest BCUT2D eigenvalue weighted by molar-refractivity contribution is 6.35. The molecule has 1 aliphatic rings. The topological polar surface area (TPSA) is 75.4 Å². The molecule has 0 radical (unpaired) electrons. The van der Waals surface area contributed by atoms with Crippen molar-refractivity contribution in [3.05, 3.63) is 33.8 Å². The van der Waals surface area contributed by atoms with Crippen molar-refractivity contribution in [3.63, 3.8) is 0 Å². The lowest BCUT2D eigenvalue weighted by Crippen LogP contribution is -2.46. The van der Waals surface area contributed by atoms with E-state index in [9.17, 15) is 9.59 Å². The lowest BCUT2D eigenvalue weighted by Gasteiger charge is -2.24. The van der Waals surface area contributed by atoms with Crippen molar-refractivity contribution in [2.45, 2.75) is 18.9 Å². The summed E-state index contributed by atoms with van der Waals surface area (Å²) in [7, 11) is 0. The zero-order chi connectivity index (χ0) is 15.4. The van der Waals surface area contributed by atoms with Gasteiger partial charge in [-0.3, -0.25) is 9.59 Å². The minimum absolute atomic E-state index is 0.167. The molecule has 1 aromatic carbocycles. The summed E-state index contributed by atoms with van der Waals surface area (Å²) in [4.78, 5) is 26.2. The van der Waals surface area contributed by atoms with Crippen LogP contribution in [0.4, 0.5) is 0 Å². The van der Waals surface area contributed by atoms with Crippen LogP contribution in [-0.2, 0) is 4.79 Å². The number of carbonyl (C=O) groups excluding carboxylic acids is 2. The molecule has 1 unspecified atom stereocenters. The summed E-state index contributed by atoms with van der Waals surface area (Å²) in [5.74, 6) is -0.399. The molecule has 21 heavy (non-hydrogen) atoms. The molecule has 0 aliphatic carbocycles. The van der Waals surface area contributed by atoms with E-state index in [1.165, 1.54) is 0 Å². The molecule has 2 amide bonds. The van der Waals surface area contributed by atoms with Crippen molar-refractivity contribution in [3.8, 4) is 0 Å². The minimum Gasteiger partial charge on any atom is -0.353 e. The van der Waals surface area contributed by atoms with E-state index in [-0.39, 0.29) is 11.8 Å². The molecule has 1 aliphatic heterocycles. The van der Waals surface area contributed by atoms with Gasteiger partial charge in [0.05, 0.1) is 0 Å². The van der Waals surface area contributed by atoms with Gasteiger partial charge < -0.3 is 16.0 Å². The maximum atomic E-state index is 12.5. The first-order chi connectivity index (χ1) is 10.0. The van der Waals surface area contributed by atoms with Gasteiger partial charge in [-0.25, -0.2) is 0 Å². The summed E-state index contributed by atoms with van der Waals surface area (Å²) in [5.41, 5.74) is 5.76. The van der Waals surface area contributed by atoms with Gasteiger partial charge in [-0.15, -0.1) is 0 Å². The van der Waals surface area contributed by atoms with E-state index < -0.39 is 6.04 Å². The lowest BCUT2D eigenvalue weighted by molar-refractivity contribution is -0.124. The van der Waals surface area contributed by atoms with E-state index >= 15 is 0 Å². The van der Waals surface area contributed by atoms with Crippen molar-refractivity contribution < 1.29 is 9.59 Å². The first-order valence-electron chi connectivity index (χ1n) is 6.78. The fourth-order valence-electron chi connectivity index (χ4n) is 2.44. The number of benzene rings is 1. The summed E-state index contributed by atoms with van der Waals surface area (Å²) in [5, 5.41) is 3.52. The molecule has 0 aromatic heterocycles. The lowest BCUT2D eigenvalue weighted by atomic mass is 10.1. The zero-order valence-electron chi connectivity index (χ0n) is 11.4. The van der Waals surface area contributed by atoms with E-state index in [4.69, 9.17) is 28.9 Å². The van der Waals surface area contributed by atoms with Crippen LogP contribution < -0.4 is 11.1 Å². The molecule has 0 saturated carbocycles. The van der Waals surface area contributed by atoms with E-state index in [2.05, 4.69) is 5.32 Å². The quantitative estimate of drug-likeness (QED) is 0.882. The highest BCUT2D eigenvalue weighted by atomic mass is 35.5. The third kappa shape index (κ3) is 3.87. The molecule has 1 heterocycles. The van der Waals surface area contributed by atoms with Crippen LogP contribution in [0.3, 0.4) is 0 Å². The normalized spacial score (nSPS) is 17.9. The van der Waals surface area contributed by atoms with Crippen LogP contribution in [-0.4, -0.2) is 42.4 Å². The highest BCUT2D eigenvalue weighted by Gasteiger charge is 2.34. The molecule has 0 spiro atoms. The molecule has 1 fully saturated rings. The number of nitrogens with two attached hydrogens (primary N) is 1. The average Bonchev–Trinajstić information content (AvgIpc) is 2.92. The minimum atomic E-state index is -0.457. The first-order valence-corrected chi connectivity index (χ1v) is 7.53. The first kappa shape index (κ1) is 16.1. The summed E-state index contributed by atoms with van der Waals surface area (Å²) in [6.45, 7) is 1.32. The zero-order valence-corrected chi connectivity index (χ0v) is 13.0. The molecule has 3 N–H and O–H groups in total. The van der Waals surface area contributed by atoms with E-state index in [1.807, 2.05) is 0 Å². The second kappa shape index (κ2) is 7.11. The van der Waals surface area contributed by atoms with Crippen LogP contribution in [0.15, 0.2) is 18.2 Å². The Morgan fingerprint density at radius 3 is 2.57 bits per heavy atom. The maximum Gasteiger partial charge on any atom is 0.254 e. The molecule has 1 atom stereocenters. The number of nitrogens with zero attached hydrogens (tertiary/aromatic N) is 1. The molecule has 114 valence electrons. The van der Waals surface area contributed by atoms with Crippen LogP contribution in [0.5, 0.6) is 0 Å². The summed E-state index contributed by atoms with van der Waals surface area (Å²) in [6.07, 6.45) is 1.44. The Morgan fingerprint density at radius 1 is 1.29 bits per heavy atom. The van der Waals surface area contributed by atoms with E-state index in [1.54, 1.807) is 23.1 Å². The van der Waals surface area contributed by atoms with Gasteiger partial charge in [-0.1, -0.05) is 23.2 Å². The summed E-state index contributed by atoms with van der Waals surface area (Å²) >= 11 is 11.8. The highest BCUT2D eigenvalue weighted by Crippen LogP contribution is 2.24. The molecule has 0 bridgehead atoms. The number of rotatable bonds is 4. The van der Waals surface area contributed by atoms with Crippen molar-refractivity contribution in [2.24, 2.45) is 5.73 Å². The predicted molar refractivity (Wildman–Crippen MR) is 82.6 cm³/mol. The fourth-order valence-corrected chi connectivity index (χ4v) is 2.96. The second-order valence-corrected chi connectivity index (χ2v) is 5.77. The van der Waals surface area contributed by atoms with Gasteiger partial charge in [0.15, 0.2) is 0 Å². The van der Waals surface area contributed by atoms with Crippen LogP contribution in [0.25, 0.3) is 0 Å². The van der Waals surface area contributed by atoms with Crippen LogP contribution in [0.1, 0.15) is 23.2 Å². The Kier molecular flexibility index (Phi) is 5.45. The smallest absolute Gasteiger partial charge is 0.254 e. The maximum absolute atomic E-state index is 12.5. The molecule has 1 aromatic rings. The summed E-state index contributed by atoms with van der Waals surface area (Å²) in [6, 6.07) is 4.23. The Balaban J connectivity index is 2.15. The number of halogens is 2. The number of carbonyl (C=O) groups is 2. The Hall–Kier alpha value is -1.30. The van der Waals surface area contributed by atoms with Gasteiger partial charge in [0.2, 0.25) is 5.91 Å². The number of nitrogens with one attached hydrogen (secondary N) is 1. The standard InChI is InChI=1S/C14H17Cl2N3O2/c15-10-6-9(7-11(16)8-10)14(21)19-5-1-2-12(19)13(20)18-4-3-17/h6-8,12H,1-5,17H2,(H,18,20). The van der Waals surface area contributed by atoms with Crippen molar-refractivity contribution in [1.82, 2.24) is 10.2 Å². The van der Waals surface area contributed by atoms with Crippen molar-refractivity contribution in [1.29, 1.82) is 0 Å². The van der Waals surface area contributed by atoms with Crippen molar-refractivity contribution >= 4 is 35.0 Å². The fraction of sp³-hybridized carbons (Fsp3) is 0.429. The molecular formula is C14H17Cl2N3O2. The summed E-state index contributed by atoms with van der Waals surface area (Å²) < 4.78 is 0. The molecule has 7 heteroatoms. The number of hydrogen-bond donors (Lipinski definition) is 2. The number of likely N-dealkylation sites (tertiary alicyclic amines) is 1. The van der Waals surface area contributed by atoms with Crippen LogP contribution in [0, 0.1) is 0 Å².